The van der Waals surface area contributed by atoms with Crippen molar-refractivity contribution in [3.05, 3.63) is 93.6 Å². The summed E-state index contributed by atoms with van der Waals surface area (Å²) < 4.78 is 0. The number of carbonyl (C=O) groups excluding carboxylic acids is 3. The van der Waals surface area contributed by atoms with Gasteiger partial charge in [0, 0.05) is 24.5 Å². The molecular weight excluding hydrogens is 460 g/mol. The molecule has 176 valence electrons. The third kappa shape index (κ3) is 2.21. The fourth-order valence-electron chi connectivity index (χ4n) is 6.91. The summed E-state index contributed by atoms with van der Waals surface area (Å²) in [6.45, 7) is 0. The van der Waals surface area contributed by atoms with Crippen molar-refractivity contribution in [3.63, 3.8) is 0 Å². The molecule has 0 heterocycles. The van der Waals surface area contributed by atoms with Crippen LogP contribution in [-0.2, 0) is 5.41 Å². The summed E-state index contributed by atoms with van der Waals surface area (Å²) in [5.41, 5.74) is 2.14. The van der Waals surface area contributed by atoms with Gasteiger partial charge < -0.3 is 20.4 Å². The molecule has 0 unspecified atom stereocenters. The average Bonchev–Trinajstić information content (AvgIpc) is 3.05. The van der Waals surface area contributed by atoms with Gasteiger partial charge in [0.15, 0.2) is 17.3 Å². The molecule has 4 N–H and O–H groups in total. The summed E-state index contributed by atoms with van der Waals surface area (Å²) in [7, 11) is 0. The van der Waals surface area contributed by atoms with E-state index in [1.807, 2.05) is 0 Å². The van der Waals surface area contributed by atoms with Crippen LogP contribution in [0.1, 0.15) is 66.2 Å². The molecule has 3 aromatic rings. The third-order valence-electron chi connectivity index (χ3n) is 8.06. The molecular formula is C29H18O7. The van der Waals surface area contributed by atoms with Crippen molar-refractivity contribution in [3.8, 4) is 23.0 Å². The largest absolute Gasteiger partial charge is 0.508 e. The molecule has 0 saturated heterocycles. The molecule has 0 aromatic heterocycles. The first kappa shape index (κ1) is 20.7. The highest BCUT2D eigenvalue weighted by molar-refractivity contribution is 6.24. The van der Waals surface area contributed by atoms with Gasteiger partial charge >= 0.3 is 0 Å². The van der Waals surface area contributed by atoms with Crippen molar-refractivity contribution in [1.82, 2.24) is 0 Å². The van der Waals surface area contributed by atoms with Crippen LogP contribution in [0.15, 0.2) is 54.6 Å². The Morgan fingerprint density at radius 3 is 2.17 bits per heavy atom. The van der Waals surface area contributed by atoms with Crippen LogP contribution in [0.5, 0.6) is 23.0 Å². The van der Waals surface area contributed by atoms with Gasteiger partial charge in [-0.05, 0) is 58.0 Å². The van der Waals surface area contributed by atoms with Crippen LogP contribution in [0.3, 0.4) is 0 Å². The van der Waals surface area contributed by atoms with Crippen molar-refractivity contribution in [2.45, 2.75) is 18.3 Å². The van der Waals surface area contributed by atoms with Gasteiger partial charge in [0.25, 0.3) is 0 Å². The van der Waals surface area contributed by atoms with E-state index in [2.05, 4.69) is 0 Å². The molecule has 4 aliphatic rings. The molecule has 3 aromatic carbocycles. The van der Waals surface area contributed by atoms with Crippen LogP contribution in [0.25, 0.3) is 11.1 Å². The van der Waals surface area contributed by atoms with Crippen molar-refractivity contribution >= 4 is 28.5 Å². The van der Waals surface area contributed by atoms with E-state index in [-0.39, 0.29) is 69.9 Å². The van der Waals surface area contributed by atoms with E-state index in [0.717, 1.165) is 6.07 Å². The summed E-state index contributed by atoms with van der Waals surface area (Å²) >= 11 is 0. The monoisotopic (exact) mass is 478 g/mol. The first-order valence-electron chi connectivity index (χ1n) is 11.5. The smallest absolute Gasteiger partial charge is 0.190 e. The van der Waals surface area contributed by atoms with Crippen molar-refractivity contribution in [2.75, 3.05) is 0 Å². The molecule has 0 saturated carbocycles. The molecule has 7 heteroatoms. The SMILES string of the molecule is O=C1C[C@H]2CC(=O)c3c(O)cccc3[C@@]23C(=C2C=CC(=O)c4c(O)ccc3c42)c2cc(O)cc(O)c21. The number of ketones is 3. The molecule has 1 spiro atoms. The van der Waals surface area contributed by atoms with Crippen LogP contribution in [0.2, 0.25) is 0 Å². The summed E-state index contributed by atoms with van der Waals surface area (Å²) in [4.78, 5) is 39.8. The molecule has 4 aliphatic carbocycles. The Bertz CT molecular complexity index is 1690. The Morgan fingerprint density at radius 1 is 0.694 bits per heavy atom. The molecule has 7 rings (SSSR count). The second-order valence-electron chi connectivity index (χ2n) is 9.72. The number of hydrogen-bond donors (Lipinski definition) is 4. The first-order chi connectivity index (χ1) is 17.2. The maximum Gasteiger partial charge on any atom is 0.190 e. The van der Waals surface area contributed by atoms with E-state index in [1.165, 1.54) is 24.3 Å². The lowest BCUT2D eigenvalue weighted by atomic mass is 9.56. The highest BCUT2D eigenvalue weighted by Gasteiger charge is 2.59. The van der Waals surface area contributed by atoms with E-state index >= 15 is 0 Å². The lowest BCUT2D eigenvalue weighted by molar-refractivity contribution is 0.0883. The number of phenols is 4. The van der Waals surface area contributed by atoms with E-state index < -0.39 is 11.3 Å². The number of carbonyl (C=O) groups is 3. The molecule has 0 amide bonds. The Balaban J connectivity index is 1.76. The number of phenolic OH excluding ortho intramolecular Hbond substituents is 4. The molecule has 0 fully saturated rings. The van der Waals surface area contributed by atoms with Gasteiger partial charge in [-0.15, -0.1) is 0 Å². The quantitative estimate of drug-likeness (QED) is 0.380. The fraction of sp³-hybridized carbons (Fsp3) is 0.138. The average molecular weight is 478 g/mol. The lowest BCUT2D eigenvalue weighted by Gasteiger charge is -2.44. The van der Waals surface area contributed by atoms with Crippen molar-refractivity contribution in [1.29, 1.82) is 0 Å². The minimum absolute atomic E-state index is 0.0297. The Morgan fingerprint density at radius 2 is 1.39 bits per heavy atom. The number of benzene rings is 3. The topological polar surface area (TPSA) is 132 Å². The van der Waals surface area contributed by atoms with Crippen molar-refractivity contribution in [2.24, 2.45) is 5.92 Å². The van der Waals surface area contributed by atoms with Crippen LogP contribution in [0, 0.1) is 5.92 Å². The van der Waals surface area contributed by atoms with E-state index in [9.17, 15) is 34.8 Å². The molecule has 0 bridgehead atoms. The number of fused-ring (bicyclic) bond motifs is 3. The lowest BCUT2D eigenvalue weighted by Crippen LogP contribution is -2.42. The van der Waals surface area contributed by atoms with Crippen molar-refractivity contribution < 1.29 is 34.8 Å². The number of rotatable bonds is 0. The van der Waals surface area contributed by atoms with Crippen LogP contribution >= 0.6 is 0 Å². The fourth-order valence-corrected chi connectivity index (χ4v) is 6.91. The normalized spacial score (nSPS) is 23.0. The highest BCUT2D eigenvalue weighted by Crippen LogP contribution is 2.66. The summed E-state index contributed by atoms with van der Waals surface area (Å²) in [6, 6.07) is 10.4. The number of hydrogen-bond acceptors (Lipinski definition) is 7. The minimum Gasteiger partial charge on any atom is -0.508 e. The predicted molar refractivity (Wildman–Crippen MR) is 128 cm³/mol. The minimum atomic E-state index is -1.16. The zero-order valence-corrected chi connectivity index (χ0v) is 18.7. The second-order valence-corrected chi connectivity index (χ2v) is 9.72. The van der Waals surface area contributed by atoms with Gasteiger partial charge in [0.2, 0.25) is 0 Å². The number of allylic oxidation sites excluding steroid dienone is 4. The maximum absolute atomic E-state index is 13.6. The Kier molecular flexibility index (Phi) is 3.75. The molecule has 0 aliphatic heterocycles. The van der Waals surface area contributed by atoms with Gasteiger partial charge in [0.1, 0.15) is 23.0 Å². The Labute approximate surface area is 204 Å². The van der Waals surface area contributed by atoms with E-state index in [1.54, 1.807) is 24.3 Å². The summed E-state index contributed by atoms with van der Waals surface area (Å²) in [5.74, 6) is -2.67. The molecule has 0 radical (unpaired) electrons. The number of aromatic hydroxyl groups is 4. The van der Waals surface area contributed by atoms with E-state index in [4.69, 9.17) is 0 Å². The molecule has 7 nitrogen and oxygen atoms in total. The Hall–Kier alpha value is -4.65. The predicted octanol–water partition coefficient (Wildman–Crippen LogP) is 4.26. The van der Waals surface area contributed by atoms with Crippen LogP contribution in [-0.4, -0.2) is 37.8 Å². The van der Waals surface area contributed by atoms with Gasteiger partial charge in [-0.25, -0.2) is 0 Å². The van der Waals surface area contributed by atoms with E-state index in [0.29, 0.717) is 33.4 Å². The van der Waals surface area contributed by atoms with Crippen LogP contribution in [0.4, 0.5) is 0 Å². The zero-order chi connectivity index (χ0) is 25.1. The standard InChI is InChI=1S/C29H18O7/c30-13-10-15-25(23(36)11-13)21(34)8-12-9-22(35)26-16(2-1-3-18(26)31)29(12)17-5-7-20(33)27-19(32)6-4-14(24(17)27)28(15)29/h1-7,10-12,30-31,33,36H,8-9H2/t12-,29-/m0/s1. The summed E-state index contributed by atoms with van der Waals surface area (Å²) in [5, 5.41) is 42.7. The summed E-state index contributed by atoms with van der Waals surface area (Å²) in [6.07, 6.45) is 2.82. The first-order valence-corrected chi connectivity index (χ1v) is 11.5. The third-order valence-corrected chi connectivity index (χ3v) is 8.06. The highest BCUT2D eigenvalue weighted by atomic mass is 16.3. The van der Waals surface area contributed by atoms with Gasteiger partial charge in [0.05, 0.1) is 22.1 Å². The molecule has 2 atom stereocenters. The van der Waals surface area contributed by atoms with Gasteiger partial charge in [-0.2, -0.15) is 0 Å². The zero-order valence-electron chi connectivity index (χ0n) is 18.7. The molecule has 36 heavy (non-hydrogen) atoms. The maximum atomic E-state index is 13.6. The van der Waals surface area contributed by atoms with Crippen LogP contribution < -0.4 is 0 Å². The van der Waals surface area contributed by atoms with Gasteiger partial charge in [-0.1, -0.05) is 24.3 Å². The van der Waals surface area contributed by atoms with Gasteiger partial charge in [-0.3, -0.25) is 14.4 Å². The second kappa shape index (κ2) is 6.51. The number of Topliss-reactive ketones (excluding diaryl/α,β-unsaturated/α-hetero) is 2.